The molecule has 0 aliphatic carbocycles. The zero-order valence-electron chi connectivity index (χ0n) is 22.4. The first-order valence-electron chi connectivity index (χ1n) is 11.2. The summed E-state index contributed by atoms with van der Waals surface area (Å²) in [5.41, 5.74) is -0.578. The third-order valence-corrected chi connectivity index (χ3v) is 9.82. The Morgan fingerprint density at radius 1 is 0.650 bits per heavy atom. The number of phenolic OH excluding ortho intramolecular Hbond substituents is 2. The summed E-state index contributed by atoms with van der Waals surface area (Å²) >= 11 is 0. The monoisotopic (exact) mass is 604 g/mol. The van der Waals surface area contributed by atoms with Crippen LogP contribution < -0.4 is 10.6 Å². The minimum atomic E-state index is -4.17. The lowest BCUT2D eigenvalue weighted by Gasteiger charge is -2.29. The zero-order chi connectivity index (χ0) is 30.3. The van der Waals surface area contributed by atoms with Crippen molar-refractivity contribution in [2.75, 3.05) is 42.7 Å². The molecule has 0 bridgehead atoms. The van der Waals surface area contributed by atoms with Gasteiger partial charge in [0.15, 0.2) is 11.6 Å². The van der Waals surface area contributed by atoms with Gasteiger partial charge in [-0.15, -0.1) is 0 Å². The van der Waals surface area contributed by atoms with E-state index in [4.69, 9.17) is 18.1 Å². The fraction of sp³-hybridized carbons (Fsp3) is 0.348. The molecule has 15 nitrogen and oxygen atoms in total. The van der Waals surface area contributed by atoms with Gasteiger partial charge in [-0.05, 0) is 35.4 Å². The predicted molar refractivity (Wildman–Crippen MR) is 139 cm³/mol. The van der Waals surface area contributed by atoms with Gasteiger partial charge in [0.2, 0.25) is 0 Å². The van der Waals surface area contributed by atoms with Crippen LogP contribution in [0.3, 0.4) is 0 Å². The Labute approximate surface area is 229 Å². The molecule has 40 heavy (non-hydrogen) atoms. The quantitative estimate of drug-likeness (QED) is 0.202. The maximum absolute atomic E-state index is 13.4. The van der Waals surface area contributed by atoms with Gasteiger partial charge in [0, 0.05) is 28.4 Å². The number of hydrogen-bond donors (Lipinski definition) is 4. The van der Waals surface area contributed by atoms with Crippen LogP contribution in [0.4, 0.5) is 4.79 Å². The number of hydrogen-bond acceptors (Lipinski definition) is 13. The SMILES string of the molecule is COC(=O)c1cc(C(NC(=O)NC(c2ccc(O)c(C(=O)OC)c2)P(=O)(OC)OC)P(=O)(OC)OC)ccc1O. The van der Waals surface area contributed by atoms with E-state index in [1.807, 2.05) is 0 Å². The van der Waals surface area contributed by atoms with E-state index in [1.165, 1.54) is 12.1 Å². The Bertz CT molecular complexity index is 1230. The van der Waals surface area contributed by atoms with Crippen molar-refractivity contribution in [2.45, 2.75) is 11.6 Å². The molecule has 2 atom stereocenters. The highest BCUT2D eigenvalue weighted by atomic mass is 31.2. The fourth-order valence-electron chi connectivity index (χ4n) is 3.55. The van der Waals surface area contributed by atoms with Gasteiger partial charge in [0.05, 0.1) is 14.2 Å². The van der Waals surface area contributed by atoms with Crippen molar-refractivity contribution in [3.8, 4) is 11.5 Å². The normalized spacial score (nSPS) is 13.2. The van der Waals surface area contributed by atoms with Gasteiger partial charge in [-0.25, -0.2) is 14.4 Å². The van der Waals surface area contributed by atoms with Gasteiger partial charge >= 0.3 is 33.2 Å². The van der Waals surface area contributed by atoms with Crippen LogP contribution >= 0.6 is 15.2 Å². The highest BCUT2D eigenvalue weighted by molar-refractivity contribution is 7.54. The van der Waals surface area contributed by atoms with Crippen LogP contribution in [-0.2, 0) is 36.7 Å². The van der Waals surface area contributed by atoms with Crippen molar-refractivity contribution in [1.82, 2.24) is 10.6 Å². The Hall–Kier alpha value is -3.45. The first-order chi connectivity index (χ1) is 18.8. The van der Waals surface area contributed by atoms with Crippen LogP contribution in [0.15, 0.2) is 36.4 Å². The third kappa shape index (κ3) is 7.00. The molecule has 2 unspecified atom stereocenters. The molecular weight excluding hydrogens is 574 g/mol. The third-order valence-electron chi connectivity index (χ3n) is 5.67. The Kier molecular flexibility index (Phi) is 11.3. The van der Waals surface area contributed by atoms with Gasteiger partial charge in [-0.1, -0.05) is 12.1 Å². The van der Waals surface area contributed by atoms with Crippen LogP contribution in [0.5, 0.6) is 11.5 Å². The second-order valence-electron chi connectivity index (χ2n) is 7.77. The number of esters is 2. The number of benzene rings is 2. The number of methoxy groups -OCH3 is 2. The highest BCUT2D eigenvalue weighted by Gasteiger charge is 2.41. The van der Waals surface area contributed by atoms with Gasteiger partial charge in [-0.3, -0.25) is 9.13 Å². The smallest absolute Gasteiger partial charge is 0.356 e. The molecule has 17 heteroatoms. The van der Waals surface area contributed by atoms with E-state index in [0.29, 0.717) is 0 Å². The summed E-state index contributed by atoms with van der Waals surface area (Å²) < 4.78 is 56.4. The standard InChI is InChI=1S/C23H30N2O13P2/c1-33-21(28)15-11-13(7-9-17(15)26)19(39(31,35-3)36-4)24-23(30)25-20(40(32,37-5)38-6)14-8-10-18(27)16(12-14)22(29)34-2/h7-12,19-20,26-27H,1-6H3,(H2,24,25,30). The molecule has 0 heterocycles. The topological polar surface area (TPSA) is 205 Å². The van der Waals surface area contributed by atoms with E-state index in [9.17, 15) is 33.7 Å². The summed E-state index contributed by atoms with van der Waals surface area (Å²) in [5, 5.41) is 24.9. The van der Waals surface area contributed by atoms with Crippen molar-refractivity contribution < 1.29 is 61.3 Å². The van der Waals surface area contributed by atoms with Crippen molar-refractivity contribution in [3.63, 3.8) is 0 Å². The number of urea groups is 1. The van der Waals surface area contributed by atoms with E-state index >= 15 is 0 Å². The van der Waals surface area contributed by atoms with Crippen LogP contribution in [-0.4, -0.2) is 70.8 Å². The average Bonchev–Trinajstić information content (AvgIpc) is 2.97. The van der Waals surface area contributed by atoms with Crippen LogP contribution in [0.1, 0.15) is 43.4 Å². The predicted octanol–water partition coefficient (Wildman–Crippen LogP) is 3.64. The molecule has 0 radical (unpaired) electrons. The number of ether oxygens (including phenoxy) is 2. The molecule has 0 saturated carbocycles. The zero-order valence-corrected chi connectivity index (χ0v) is 24.2. The molecule has 220 valence electrons. The maximum Gasteiger partial charge on any atom is 0.356 e. The number of carbonyl (C=O) groups excluding carboxylic acids is 3. The lowest BCUT2D eigenvalue weighted by Crippen LogP contribution is -2.40. The van der Waals surface area contributed by atoms with E-state index in [0.717, 1.165) is 66.9 Å². The number of phenols is 2. The number of rotatable bonds is 12. The first kappa shape index (κ1) is 32.8. The summed E-state index contributed by atoms with van der Waals surface area (Å²) in [7, 11) is -1.91. The Morgan fingerprint density at radius 2 is 0.975 bits per heavy atom. The summed E-state index contributed by atoms with van der Waals surface area (Å²) in [6, 6.07) is 5.87. The first-order valence-corrected chi connectivity index (χ1v) is 14.4. The molecule has 2 aromatic carbocycles. The number of carbonyl (C=O) groups is 3. The van der Waals surface area contributed by atoms with Crippen molar-refractivity contribution in [2.24, 2.45) is 0 Å². The van der Waals surface area contributed by atoms with E-state index in [1.54, 1.807) is 0 Å². The molecule has 4 N–H and O–H groups in total. The van der Waals surface area contributed by atoms with E-state index in [2.05, 4.69) is 20.1 Å². The fourth-order valence-corrected chi connectivity index (χ4v) is 6.29. The number of nitrogens with one attached hydrogen (secondary N) is 2. The van der Waals surface area contributed by atoms with Crippen LogP contribution in [0.25, 0.3) is 0 Å². The van der Waals surface area contributed by atoms with E-state index < -0.39 is 56.2 Å². The molecule has 0 spiro atoms. The average molecular weight is 604 g/mol. The molecule has 2 rings (SSSR count). The summed E-state index contributed by atoms with van der Waals surface area (Å²) in [6.45, 7) is 0. The summed E-state index contributed by atoms with van der Waals surface area (Å²) in [4.78, 5) is 37.5. The number of amides is 2. The molecular formula is C23H30N2O13P2. The maximum atomic E-state index is 13.4. The molecule has 0 aromatic heterocycles. The minimum absolute atomic E-state index is 0.0104. The molecule has 0 aliphatic rings. The second kappa shape index (κ2) is 13.8. The minimum Gasteiger partial charge on any atom is -0.507 e. The number of aromatic hydroxyl groups is 2. The molecule has 2 amide bonds. The lowest BCUT2D eigenvalue weighted by atomic mass is 10.1. The van der Waals surface area contributed by atoms with Crippen molar-refractivity contribution >= 4 is 33.2 Å². The van der Waals surface area contributed by atoms with Gasteiger partial charge in [0.1, 0.15) is 22.6 Å². The van der Waals surface area contributed by atoms with Crippen LogP contribution in [0, 0.1) is 0 Å². The molecule has 0 saturated heterocycles. The molecule has 0 fully saturated rings. The van der Waals surface area contributed by atoms with Crippen molar-refractivity contribution in [3.05, 3.63) is 58.7 Å². The summed E-state index contributed by atoms with van der Waals surface area (Å²) in [6.07, 6.45) is 0. The largest absolute Gasteiger partial charge is 0.507 e. The highest BCUT2D eigenvalue weighted by Crippen LogP contribution is 2.60. The molecule has 2 aromatic rings. The molecule has 0 aliphatic heterocycles. The lowest BCUT2D eigenvalue weighted by molar-refractivity contribution is 0.0588. The van der Waals surface area contributed by atoms with Gasteiger partial charge < -0.3 is 48.4 Å². The Balaban J connectivity index is 2.58. The summed E-state index contributed by atoms with van der Waals surface area (Å²) in [5.74, 6) is -5.86. The van der Waals surface area contributed by atoms with Gasteiger partial charge in [0.25, 0.3) is 0 Å². The van der Waals surface area contributed by atoms with Crippen molar-refractivity contribution in [1.29, 1.82) is 0 Å². The Morgan fingerprint density at radius 3 is 1.25 bits per heavy atom. The van der Waals surface area contributed by atoms with Gasteiger partial charge in [-0.2, -0.15) is 0 Å². The van der Waals surface area contributed by atoms with Crippen LogP contribution in [0.2, 0.25) is 0 Å². The second-order valence-corrected chi connectivity index (χ2v) is 12.4. The van der Waals surface area contributed by atoms with E-state index in [-0.39, 0.29) is 22.3 Å².